The lowest BCUT2D eigenvalue weighted by atomic mass is 9.83. The molecule has 0 saturated carbocycles. The summed E-state index contributed by atoms with van der Waals surface area (Å²) in [6.45, 7) is 11.5. The van der Waals surface area contributed by atoms with E-state index in [1.54, 1.807) is 5.57 Å². The summed E-state index contributed by atoms with van der Waals surface area (Å²) < 4.78 is 0. The predicted molar refractivity (Wildman–Crippen MR) is 81.2 cm³/mol. The van der Waals surface area contributed by atoms with Gasteiger partial charge in [-0.25, -0.2) is 0 Å². The van der Waals surface area contributed by atoms with Gasteiger partial charge in [-0.05, 0) is 24.8 Å². The second-order valence-corrected chi connectivity index (χ2v) is 6.33. The Morgan fingerprint density at radius 2 is 2.11 bits per heavy atom. The summed E-state index contributed by atoms with van der Waals surface area (Å²) in [5, 5.41) is 0. The Bertz CT molecular complexity index is 483. The van der Waals surface area contributed by atoms with Crippen LogP contribution in [0.5, 0.6) is 0 Å². The third-order valence-electron chi connectivity index (χ3n) is 3.83. The second kappa shape index (κ2) is 5.33. The van der Waals surface area contributed by atoms with E-state index >= 15 is 0 Å². The number of hydrogen-bond donors (Lipinski definition) is 1. The molecule has 1 aromatic heterocycles. The molecule has 0 bridgehead atoms. The number of nitrogens with two attached hydrogens (primary N) is 1. The number of rotatable bonds is 2. The van der Waals surface area contributed by atoms with E-state index in [9.17, 15) is 0 Å². The van der Waals surface area contributed by atoms with Gasteiger partial charge in [-0.1, -0.05) is 32.4 Å². The van der Waals surface area contributed by atoms with Crippen LogP contribution in [0, 0.1) is 12.3 Å². The molecule has 0 fully saturated rings. The highest BCUT2D eigenvalue weighted by Gasteiger charge is 2.22. The average Bonchev–Trinajstić information content (AvgIpc) is 2.38. The Kier molecular flexibility index (Phi) is 3.95. The third-order valence-corrected chi connectivity index (χ3v) is 3.83. The highest BCUT2D eigenvalue weighted by atomic mass is 15.1. The van der Waals surface area contributed by atoms with Crippen LogP contribution in [0.1, 0.15) is 38.4 Å². The van der Waals surface area contributed by atoms with E-state index in [0.29, 0.717) is 6.54 Å². The number of pyridine rings is 1. The van der Waals surface area contributed by atoms with Crippen molar-refractivity contribution in [3.8, 4) is 0 Å². The fraction of sp³-hybridized carbons (Fsp3) is 0.562. The van der Waals surface area contributed by atoms with E-state index in [1.165, 1.54) is 5.69 Å². The lowest BCUT2D eigenvalue weighted by molar-refractivity contribution is 0.472. The van der Waals surface area contributed by atoms with Crippen LogP contribution < -0.4 is 10.6 Å². The Labute approximate surface area is 116 Å². The van der Waals surface area contributed by atoms with Crippen LogP contribution in [-0.2, 0) is 6.54 Å². The van der Waals surface area contributed by atoms with Crippen molar-refractivity contribution in [3.63, 3.8) is 0 Å². The van der Waals surface area contributed by atoms with Gasteiger partial charge in [0.05, 0.1) is 0 Å². The van der Waals surface area contributed by atoms with Crippen LogP contribution in [0.4, 0.5) is 5.69 Å². The van der Waals surface area contributed by atoms with Crippen molar-refractivity contribution in [2.75, 3.05) is 18.0 Å². The van der Waals surface area contributed by atoms with Gasteiger partial charge in [0.2, 0.25) is 0 Å². The largest absolute Gasteiger partial charge is 0.367 e. The maximum Gasteiger partial charge on any atom is 0.0448 e. The summed E-state index contributed by atoms with van der Waals surface area (Å²) in [7, 11) is 0. The number of nitrogens with zero attached hydrogens (tertiary/aromatic N) is 2. The van der Waals surface area contributed by atoms with E-state index < -0.39 is 0 Å². The van der Waals surface area contributed by atoms with Gasteiger partial charge in [-0.3, -0.25) is 4.98 Å². The molecule has 0 aliphatic carbocycles. The molecule has 0 aromatic carbocycles. The molecule has 1 aliphatic heterocycles. The zero-order valence-electron chi connectivity index (χ0n) is 12.5. The van der Waals surface area contributed by atoms with Crippen LogP contribution in [0.3, 0.4) is 0 Å². The number of aromatic nitrogens is 1. The Morgan fingerprint density at radius 1 is 1.37 bits per heavy atom. The van der Waals surface area contributed by atoms with Crippen LogP contribution in [0.2, 0.25) is 0 Å². The Morgan fingerprint density at radius 3 is 2.63 bits per heavy atom. The van der Waals surface area contributed by atoms with Gasteiger partial charge in [0.1, 0.15) is 0 Å². The molecule has 0 saturated heterocycles. The lowest BCUT2D eigenvalue weighted by Gasteiger charge is -2.34. The van der Waals surface area contributed by atoms with Gasteiger partial charge in [0.25, 0.3) is 0 Å². The quantitative estimate of drug-likeness (QED) is 0.830. The summed E-state index contributed by atoms with van der Waals surface area (Å²) in [4.78, 5) is 6.75. The zero-order valence-corrected chi connectivity index (χ0v) is 12.5. The van der Waals surface area contributed by atoms with Crippen molar-refractivity contribution in [1.29, 1.82) is 0 Å². The molecule has 104 valence electrons. The van der Waals surface area contributed by atoms with E-state index in [-0.39, 0.29) is 5.41 Å². The molecule has 19 heavy (non-hydrogen) atoms. The first-order chi connectivity index (χ1) is 8.91. The van der Waals surface area contributed by atoms with Crippen molar-refractivity contribution in [2.24, 2.45) is 11.1 Å². The Balaban J connectivity index is 2.22. The van der Waals surface area contributed by atoms with E-state index in [4.69, 9.17) is 5.73 Å². The first-order valence-electron chi connectivity index (χ1n) is 7.02. The molecule has 3 heteroatoms. The highest BCUT2D eigenvalue weighted by Crippen LogP contribution is 2.32. The number of anilines is 1. The maximum absolute atomic E-state index is 5.82. The minimum absolute atomic E-state index is 0.289. The zero-order chi connectivity index (χ0) is 14.0. The molecule has 0 unspecified atom stereocenters. The fourth-order valence-electron chi connectivity index (χ4n) is 2.59. The van der Waals surface area contributed by atoms with Crippen LogP contribution >= 0.6 is 0 Å². The lowest BCUT2D eigenvalue weighted by Crippen LogP contribution is -2.32. The van der Waals surface area contributed by atoms with Crippen molar-refractivity contribution in [3.05, 3.63) is 35.2 Å². The average molecular weight is 259 g/mol. The fourth-order valence-corrected chi connectivity index (χ4v) is 2.59. The summed E-state index contributed by atoms with van der Waals surface area (Å²) in [5.74, 6) is 0. The smallest absolute Gasteiger partial charge is 0.0448 e. The van der Waals surface area contributed by atoms with Crippen LogP contribution in [0.15, 0.2) is 23.9 Å². The van der Waals surface area contributed by atoms with Gasteiger partial charge in [-0.15, -0.1) is 0 Å². The number of hydrogen-bond acceptors (Lipinski definition) is 3. The van der Waals surface area contributed by atoms with E-state index in [0.717, 1.165) is 30.8 Å². The first kappa shape index (κ1) is 14.1. The summed E-state index contributed by atoms with van der Waals surface area (Å²) in [6, 6.07) is 2.15. The van der Waals surface area contributed by atoms with Crippen molar-refractivity contribution < 1.29 is 0 Å². The normalized spacial score (nSPS) is 16.5. The molecule has 0 atom stereocenters. The van der Waals surface area contributed by atoms with E-state index in [2.05, 4.69) is 42.8 Å². The van der Waals surface area contributed by atoms with Gasteiger partial charge in [0, 0.05) is 42.8 Å². The highest BCUT2D eigenvalue weighted by molar-refractivity contribution is 5.55. The van der Waals surface area contributed by atoms with Gasteiger partial charge >= 0.3 is 0 Å². The summed E-state index contributed by atoms with van der Waals surface area (Å²) in [5.41, 5.74) is 11.1. The molecule has 0 spiro atoms. The second-order valence-electron chi connectivity index (χ2n) is 6.33. The van der Waals surface area contributed by atoms with Crippen molar-refractivity contribution in [2.45, 2.75) is 40.7 Å². The molecule has 3 nitrogen and oxygen atoms in total. The molecular weight excluding hydrogens is 234 g/mol. The molecule has 1 aromatic rings. The Hall–Kier alpha value is -1.35. The minimum atomic E-state index is 0.289. The predicted octanol–water partition coefficient (Wildman–Crippen LogP) is 3.03. The summed E-state index contributed by atoms with van der Waals surface area (Å²) in [6.07, 6.45) is 5.42. The molecule has 2 N–H and O–H groups in total. The van der Waals surface area contributed by atoms with Gasteiger partial charge < -0.3 is 10.6 Å². The number of aryl methyl sites for hydroxylation is 1. The minimum Gasteiger partial charge on any atom is -0.367 e. The summed E-state index contributed by atoms with van der Waals surface area (Å²) >= 11 is 0. The van der Waals surface area contributed by atoms with Crippen molar-refractivity contribution >= 4 is 5.69 Å². The molecule has 0 amide bonds. The van der Waals surface area contributed by atoms with Gasteiger partial charge in [0.15, 0.2) is 0 Å². The monoisotopic (exact) mass is 259 g/mol. The van der Waals surface area contributed by atoms with Crippen molar-refractivity contribution in [1.82, 2.24) is 4.98 Å². The molecule has 2 rings (SSSR count). The standard InChI is InChI=1S/C16H25N3/c1-12-9-15(13(10-17)11-18-12)19-7-5-14(6-8-19)16(2,3)4/h5,9,11H,6-8,10,17H2,1-4H3. The molecule has 1 aliphatic rings. The van der Waals surface area contributed by atoms with Gasteiger partial charge in [-0.2, -0.15) is 0 Å². The first-order valence-corrected chi connectivity index (χ1v) is 7.02. The molecular formula is C16H25N3. The molecule has 0 radical (unpaired) electrons. The SMILES string of the molecule is Cc1cc(N2CC=C(C(C)(C)C)CC2)c(CN)cn1. The van der Waals surface area contributed by atoms with Crippen LogP contribution in [-0.4, -0.2) is 18.1 Å². The van der Waals surface area contributed by atoms with E-state index in [1.807, 2.05) is 13.1 Å². The maximum atomic E-state index is 5.82. The third kappa shape index (κ3) is 3.16. The molecule has 2 heterocycles. The topological polar surface area (TPSA) is 42.1 Å². The van der Waals surface area contributed by atoms with Crippen LogP contribution in [0.25, 0.3) is 0 Å².